The standard InChI is InChI=1S/C9H20N2O2/c1-4-5-9(2,13)7-11-8(12)6-10-3/h10,13H,4-7H2,1-3H3,(H,11,12). The Morgan fingerprint density at radius 1 is 1.54 bits per heavy atom. The van der Waals surface area contributed by atoms with Crippen molar-refractivity contribution < 1.29 is 9.90 Å². The fraction of sp³-hybridized carbons (Fsp3) is 0.889. The zero-order valence-electron chi connectivity index (χ0n) is 8.68. The summed E-state index contributed by atoms with van der Waals surface area (Å²) in [6, 6.07) is 0. The SMILES string of the molecule is CCCC(C)(O)CNC(=O)CNC. The van der Waals surface area contributed by atoms with Crippen molar-refractivity contribution in [2.75, 3.05) is 20.1 Å². The maximum atomic E-state index is 11.0. The summed E-state index contributed by atoms with van der Waals surface area (Å²) < 4.78 is 0. The molecule has 0 aromatic heterocycles. The van der Waals surface area contributed by atoms with E-state index in [1.807, 2.05) is 6.92 Å². The second kappa shape index (κ2) is 5.94. The van der Waals surface area contributed by atoms with Gasteiger partial charge in [0.15, 0.2) is 0 Å². The molecule has 78 valence electrons. The topological polar surface area (TPSA) is 61.4 Å². The van der Waals surface area contributed by atoms with Gasteiger partial charge in [-0.15, -0.1) is 0 Å². The number of amides is 1. The van der Waals surface area contributed by atoms with Gasteiger partial charge in [-0.1, -0.05) is 13.3 Å². The Kier molecular flexibility index (Phi) is 5.66. The lowest BCUT2D eigenvalue weighted by atomic mass is 10.0. The summed E-state index contributed by atoms with van der Waals surface area (Å²) in [7, 11) is 1.71. The van der Waals surface area contributed by atoms with Crippen LogP contribution in [0.3, 0.4) is 0 Å². The van der Waals surface area contributed by atoms with Crippen molar-refractivity contribution in [2.45, 2.75) is 32.3 Å². The maximum absolute atomic E-state index is 11.0. The second-order valence-corrected chi connectivity index (χ2v) is 3.55. The highest BCUT2D eigenvalue weighted by Crippen LogP contribution is 2.09. The van der Waals surface area contributed by atoms with Crippen molar-refractivity contribution in [1.82, 2.24) is 10.6 Å². The Hall–Kier alpha value is -0.610. The summed E-state index contributed by atoms with van der Waals surface area (Å²) in [4.78, 5) is 11.0. The van der Waals surface area contributed by atoms with Crippen LogP contribution >= 0.6 is 0 Å². The molecular weight excluding hydrogens is 168 g/mol. The number of aliphatic hydroxyl groups is 1. The quantitative estimate of drug-likeness (QED) is 0.544. The summed E-state index contributed by atoms with van der Waals surface area (Å²) in [5, 5.41) is 15.1. The molecule has 0 aromatic carbocycles. The van der Waals surface area contributed by atoms with Crippen LogP contribution in [-0.2, 0) is 4.79 Å². The number of hydrogen-bond donors (Lipinski definition) is 3. The van der Waals surface area contributed by atoms with Gasteiger partial charge < -0.3 is 15.7 Å². The molecule has 4 nitrogen and oxygen atoms in total. The Morgan fingerprint density at radius 2 is 2.15 bits per heavy atom. The van der Waals surface area contributed by atoms with E-state index in [4.69, 9.17) is 0 Å². The van der Waals surface area contributed by atoms with Crippen molar-refractivity contribution in [3.63, 3.8) is 0 Å². The van der Waals surface area contributed by atoms with Crippen LogP contribution in [0.4, 0.5) is 0 Å². The third kappa shape index (κ3) is 6.54. The minimum Gasteiger partial charge on any atom is -0.388 e. The largest absolute Gasteiger partial charge is 0.388 e. The Labute approximate surface area is 79.7 Å². The molecular formula is C9H20N2O2. The molecule has 1 amide bonds. The number of nitrogens with one attached hydrogen (secondary N) is 2. The molecule has 0 heterocycles. The van der Waals surface area contributed by atoms with Gasteiger partial charge in [0.1, 0.15) is 0 Å². The van der Waals surface area contributed by atoms with Crippen molar-refractivity contribution in [3.8, 4) is 0 Å². The highest BCUT2D eigenvalue weighted by molar-refractivity contribution is 5.77. The fourth-order valence-corrected chi connectivity index (χ4v) is 1.14. The van der Waals surface area contributed by atoms with Crippen LogP contribution < -0.4 is 10.6 Å². The van der Waals surface area contributed by atoms with E-state index in [1.165, 1.54) is 0 Å². The molecule has 3 N–H and O–H groups in total. The van der Waals surface area contributed by atoms with Gasteiger partial charge in [0.25, 0.3) is 0 Å². The van der Waals surface area contributed by atoms with Crippen LogP contribution in [0.5, 0.6) is 0 Å². The van der Waals surface area contributed by atoms with Crippen molar-refractivity contribution in [1.29, 1.82) is 0 Å². The molecule has 0 saturated carbocycles. The van der Waals surface area contributed by atoms with Crippen LogP contribution in [0.15, 0.2) is 0 Å². The van der Waals surface area contributed by atoms with Gasteiger partial charge in [0, 0.05) is 6.54 Å². The van der Waals surface area contributed by atoms with E-state index in [0.717, 1.165) is 6.42 Å². The summed E-state index contributed by atoms with van der Waals surface area (Å²) in [6.07, 6.45) is 1.61. The van der Waals surface area contributed by atoms with E-state index in [1.54, 1.807) is 14.0 Å². The average molecular weight is 188 g/mol. The first-order valence-electron chi connectivity index (χ1n) is 4.65. The number of rotatable bonds is 6. The van der Waals surface area contributed by atoms with Gasteiger partial charge >= 0.3 is 0 Å². The lowest BCUT2D eigenvalue weighted by molar-refractivity contribution is -0.121. The van der Waals surface area contributed by atoms with E-state index in [0.29, 0.717) is 19.5 Å². The van der Waals surface area contributed by atoms with Gasteiger partial charge in [-0.25, -0.2) is 0 Å². The van der Waals surface area contributed by atoms with Crippen LogP contribution in [0, 0.1) is 0 Å². The number of likely N-dealkylation sites (N-methyl/N-ethyl adjacent to an activating group) is 1. The van der Waals surface area contributed by atoms with Gasteiger partial charge in [0.2, 0.25) is 5.91 Å². The smallest absolute Gasteiger partial charge is 0.234 e. The summed E-state index contributed by atoms with van der Waals surface area (Å²) in [5.41, 5.74) is -0.780. The van der Waals surface area contributed by atoms with Crippen LogP contribution in [0.1, 0.15) is 26.7 Å². The minimum atomic E-state index is -0.780. The average Bonchev–Trinajstić information content (AvgIpc) is 2.02. The summed E-state index contributed by atoms with van der Waals surface area (Å²) >= 11 is 0. The van der Waals surface area contributed by atoms with Crippen molar-refractivity contribution in [3.05, 3.63) is 0 Å². The van der Waals surface area contributed by atoms with E-state index < -0.39 is 5.60 Å². The molecule has 0 radical (unpaired) electrons. The zero-order chi connectivity index (χ0) is 10.3. The van der Waals surface area contributed by atoms with E-state index in [9.17, 15) is 9.90 Å². The third-order valence-electron chi connectivity index (χ3n) is 1.79. The Bertz CT molecular complexity index is 158. The fourth-order valence-electron chi connectivity index (χ4n) is 1.14. The third-order valence-corrected chi connectivity index (χ3v) is 1.79. The molecule has 4 heteroatoms. The molecule has 0 aliphatic heterocycles. The molecule has 13 heavy (non-hydrogen) atoms. The molecule has 0 aliphatic carbocycles. The summed E-state index contributed by atoms with van der Waals surface area (Å²) in [6.45, 7) is 4.35. The first-order valence-corrected chi connectivity index (χ1v) is 4.65. The van der Waals surface area contributed by atoms with Gasteiger partial charge in [-0.2, -0.15) is 0 Å². The number of carbonyl (C=O) groups excluding carboxylic acids is 1. The molecule has 0 spiro atoms. The van der Waals surface area contributed by atoms with Crippen molar-refractivity contribution in [2.24, 2.45) is 0 Å². The van der Waals surface area contributed by atoms with Gasteiger partial charge in [-0.3, -0.25) is 4.79 Å². The first-order chi connectivity index (χ1) is 6.02. The number of hydrogen-bond acceptors (Lipinski definition) is 3. The molecule has 0 aromatic rings. The second-order valence-electron chi connectivity index (χ2n) is 3.55. The van der Waals surface area contributed by atoms with Crippen LogP contribution in [-0.4, -0.2) is 36.8 Å². The Balaban J connectivity index is 3.67. The van der Waals surface area contributed by atoms with E-state index >= 15 is 0 Å². The summed E-state index contributed by atoms with van der Waals surface area (Å²) in [5.74, 6) is -0.0844. The molecule has 0 fully saturated rings. The molecule has 1 atom stereocenters. The van der Waals surface area contributed by atoms with Crippen LogP contribution in [0.25, 0.3) is 0 Å². The minimum absolute atomic E-state index is 0.0844. The highest BCUT2D eigenvalue weighted by Gasteiger charge is 2.19. The Morgan fingerprint density at radius 3 is 2.62 bits per heavy atom. The monoisotopic (exact) mass is 188 g/mol. The first kappa shape index (κ1) is 12.4. The van der Waals surface area contributed by atoms with Crippen LogP contribution in [0.2, 0.25) is 0 Å². The molecule has 0 saturated heterocycles. The normalized spacial score (nSPS) is 15.1. The van der Waals surface area contributed by atoms with E-state index in [2.05, 4.69) is 10.6 Å². The van der Waals surface area contributed by atoms with Gasteiger partial charge in [0.05, 0.1) is 12.1 Å². The molecule has 0 aliphatic rings. The lowest BCUT2D eigenvalue weighted by Crippen LogP contribution is -2.43. The molecule has 1 unspecified atom stereocenters. The molecule has 0 bridgehead atoms. The predicted octanol–water partition coefficient (Wildman–Crippen LogP) is -0.127. The molecule has 0 rings (SSSR count). The lowest BCUT2D eigenvalue weighted by Gasteiger charge is -2.22. The van der Waals surface area contributed by atoms with Gasteiger partial charge in [-0.05, 0) is 20.4 Å². The predicted molar refractivity (Wildman–Crippen MR) is 52.5 cm³/mol. The maximum Gasteiger partial charge on any atom is 0.234 e. The zero-order valence-corrected chi connectivity index (χ0v) is 8.68. The van der Waals surface area contributed by atoms with E-state index in [-0.39, 0.29) is 5.91 Å². The van der Waals surface area contributed by atoms with Crippen molar-refractivity contribution >= 4 is 5.91 Å². The number of carbonyl (C=O) groups is 1. The highest BCUT2D eigenvalue weighted by atomic mass is 16.3.